The molecule has 182 valence electrons. The molecule has 5 rings (SSSR count). The number of aliphatic hydroxyl groups excluding tert-OH is 2. The zero-order valence-corrected chi connectivity index (χ0v) is 22.2. The molecule has 4 fully saturated rings. The lowest BCUT2D eigenvalue weighted by Crippen LogP contribution is -2.66. The second-order valence-electron chi connectivity index (χ2n) is 15.4. The number of allylic oxidation sites excluding steroid dienone is 2. The Kier molecular flexibility index (Phi) is 4.87. The van der Waals surface area contributed by atoms with Crippen LogP contribution < -0.4 is 0 Å². The predicted molar refractivity (Wildman–Crippen MR) is 132 cm³/mol. The minimum Gasteiger partial charge on any atom is -0.390 e. The number of hydrogen-bond donors (Lipinski definition) is 2. The average molecular weight is 443 g/mol. The van der Waals surface area contributed by atoms with E-state index in [2.05, 4.69) is 61.5 Å². The predicted octanol–water partition coefficient (Wildman–Crippen LogP) is 7.14. The van der Waals surface area contributed by atoms with Gasteiger partial charge in [-0.15, -0.1) is 0 Å². The highest BCUT2D eigenvalue weighted by Gasteiger charge is 2.68. The maximum Gasteiger partial charge on any atom is 0.0852 e. The molecule has 0 heterocycles. The summed E-state index contributed by atoms with van der Waals surface area (Å²) in [6.07, 6.45) is 12.7. The van der Waals surface area contributed by atoms with Crippen LogP contribution in [0.3, 0.4) is 0 Å². The molecule has 5 aliphatic rings. The van der Waals surface area contributed by atoms with Gasteiger partial charge in [0.25, 0.3) is 0 Å². The second kappa shape index (κ2) is 6.66. The highest BCUT2D eigenvalue weighted by Crippen LogP contribution is 2.75. The van der Waals surface area contributed by atoms with Crippen LogP contribution in [0.4, 0.5) is 0 Å². The van der Waals surface area contributed by atoms with E-state index >= 15 is 0 Å². The molecule has 2 nitrogen and oxygen atoms in total. The molecule has 0 aromatic carbocycles. The van der Waals surface area contributed by atoms with Gasteiger partial charge in [0, 0.05) is 0 Å². The molecule has 0 aromatic heterocycles. The van der Waals surface area contributed by atoms with E-state index in [0.29, 0.717) is 22.7 Å². The molecule has 0 bridgehead atoms. The van der Waals surface area contributed by atoms with Gasteiger partial charge in [-0.25, -0.2) is 0 Å². The molecule has 0 aromatic rings. The Bertz CT molecular complexity index is 825. The van der Waals surface area contributed by atoms with Crippen LogP contribution in [0.2, 0.25) is 0 Å². The molecule has 0 aliphatic heterocycles. The summed E-state index contributed by atoms with van der Waals surface area (Å²) in [5.74, 6) is 1.81. The SMILES string of the molecule is CC1(C)CC[C@]2(C)CC[C@]3(C)C(=CC[C@H]4[C@@]5(C)C[C@@H](O)[C@H](O)C(C)(C)[C@@H]5CC[C@]43C)[C@H]2C1. The third-order valence-corrected chi connectivity index (χ3v) is 13.0. The second-order valence-corrected chi connectivity index (χ2v) is 15.4. The zero-order chi connectivity index (χ0) is 23.5. The van der Waals surface area contributed by atoms with Crippen LogP contribution in [0.15, 0.2) is 11.6 Å². The summed E-state index contributed by atoms with van der Waals surface area (Å²) in [4.78, 5) is 0. The van der Waals surface area contributed by atoms with Crippen molar-refractivity contribution in [2.75, 3.05) is 0 Å². The van der Waals surface area contributed by atoms with Crippen LogP contribution in [0.1, 0.15) is 113 Å². The highest BCUT2D eigenvalue weighted by molar-refractivity contribution is 5.33. The minimum absolute atomic E-state index is 0.0901. The van der Waals surface area contributed by atoms with E-state index in [4.69, 9.17) is 0 Å². The third-order valence-electron chi connectivity index (χ3n) is 13.0. The van der Waals surface area contributed by atoms with Crippen molar-refractivity contribution >= 4 is 0 Å². The standard InChI is InChI=1S/C30H50O2/c1-25(2)13-14-27(5)15-16-29(7)19(20(27)17-25)9-10-23-28(6)18-21(31)24(32)26(3,4)22(28)11-12-30(23,29)8/h9,20-24,31-32H,10-18H2,1-8H3/t20-,21-,22+,23+,24+,27-,28+,29-,30-/m1/s1. The Morgan fingerprint density at radius 1 is 0.781 bits per heavy atom. The van der Waals surface area contributed by atoms with Gasteiger partial charge < -0.3 is 10.2 Å². The van der Waals surface area contributed by atoms with Crippen molar-refractivity contribution in [1.82, 2.24) is 0 Å². The van der Waals surface area contributed by atoms with Crippen LogP contribution in [0, 0.1) is 50.2 Å². The van der Waals surface area contributed by atoms with E-state index in [1.807, 2.05) is 5.57 Å². The number of hydrogen-bond acceptors (Lipinski definition) is 2. The van der Waals surface area contributed by atoms with E-state index in [1.54, 1.807) is 0 Å². The van der Waals surface area contributed by atoms with Gasteiger partial charge in [-0.1, -0.05) is 67.0 Å². The van der Waals surface area contributed by atoms with Crippen LogP contribution in [0.5, 0.6) is 0 Å². The largest absolute Gasteiger partial charge is 0.390 e. The summed E-state index contributed by atoms with van der Waals surface area (Å²) >= 11 is 0. The summed E-state index contributed by atoms with van der Waals surface area (Å²) in [5.41, 5.74) is 3.17. The number of rotatable bonds is 0. The van der Waals surface area contributed by atoms with Crippen molar-refractivity contribution in [3.05, 3.63) is 11.6 Å². The van der Waals surface area contributed by atoms with E-state index in [0.717, 1.165) is 12.3 Å². The summed E-state index contributed by atoms with van der Waals surface area (Å²) in [5, 5.41) is 21.9. The van der Waals surface area contributed by atoms with Gasteiger partial charge in [0.2, 0.25) is 0 Å². The van der Waals surface area contributed by atoms with Gasteiger partial charge in [-0.2, -0.15) is 0 Å². The Balaban J connectivity index is 1.58. The fourth-order valence-corrected chi connectivity index (χ4v) is 10.7. The summed E-state index contributed by atoms with van der Waals surface area (Å²) in [6, 6.07) is 0. The van der Waals surface area contributed by atoms with Gasteiger partial charge in [0.1, 0.15) is 0 Å². The lowest BCUT2D eigenvalue weighted by molar-refractivity contribution is -0.231. The minimum atomic E-state index is -0.602. The molecule has 0 radical (unpaired) electrons. The fourth-order valence-electron chi connectivity index (χ4n) is 10.7. The van der Waals surface area contributed by atoms with Crippen LogP contribution >= 0.6 is 0 Å². The Labute approximate surface area is 197 Å². The molecular weight excluding hydrogens is 392 g/mol. The van der Waals surface area contributed by atoms with Gasteiger partial charge in [0.15, 0.2) is 0 Å². The van der Waals surface area contributed by atoms with E-state index < -0.39 is 12.2 Å². The lowest BCUT2D eigenvalue weighted by Gasteiger charge is -2.71. The van der Waals surface area contributed by atoms with Crippen LogP contribution in [-0.4, -0.2) is 22.4 Å². The maximum absolute atomic E-state index is 11.0. The fraction of sp³-hybridized carbons (Fsp3) is 0.933. The molecular formula is C30H50O2. The van der Waals surface area contributed by atoms with Crippen LogP contribution in [0.25, 0.3) is 0 Å². The zero-order valence-electron chi connectivity index (χ0n) is 22.2. The Morgan fingerprint density at radius 3 is 2.12 bits per heavy atom. The quantitative estimate of drug-likeness (QED) is 0.391. The molecule has 2 N–H and O–H groups in total. The van der Waals surface area contributed by atoms with E-state index in [-0.39, 0.29) is 21.7 Å². The summed E-state index contributed by atoms with van der Waals surface area (Å²) < 4.78 is 0. The molecule has 5 aliphatic carbocycles. The van der Waals surface area contributed by atoms with Gasteiger partial charge >= 0.3 is 0 Å². The molecule has 2 heteroatoms. The molecule has 0 amide bonds. The first kappa shape index (κ1) is 23.4. The van der Waals surface area contributed by atoms with E-state index in [1.165, 1.54) is 51.4 Å². The summed E-state index contributed by atoms with van der Waals surface area (Å²) in [7, 11) is 0. The smallest absolute Gasteiger partial charge is 0.0852 e. The first-order chi connectivity index (χ1) is 14.6. The molecule has 0 unspecified atom stereocenters. The first-order valence-electron chi connectivity index (χ1n) is 13.7. The van der Waals surface area contributed by atoms with Gasteiger partial charge in [0.05, 0.1) is 12.2 Å². The van der Waals surface area contributed by atoms with Crippen LogP contribution in [-0.2, 0) is 0 Å². The van der Waals surface area contributed by atoms with Gasteiger partial charge in [-0.05, 0) is 108 Å². The van der Waals surface area contributed by atoms with Gasteiger partial charge in [-0.3, -0.25) is 0 Å². The normalized spacial score (nSPS) is 56.2. The first-order valence-corrected chi connectivity index (χ1v) is 13.7. The molecule has 0 saturated heterocycles. The molecule has 4 saturated carbocycles. The highest BCUT2D eigenvalue weighted by atomic mass is 16.3. The van der Waals surface area contributed by atoms with Crippen molar-refractivity contribution in [1.29, 1.82) is 0 Å². The van der Waals surface area contributed by atoms with Crippen molar-refractivity contribution in [3.63, 3.8) is 0 Å². The molecule has 0 spiro atoms. The van der Waals surface area contributed by atoms with Crippen molar-refractivity contribution in [3.8, 4) is 0 Å². The van der Waals surface area contributed by atoms with Crippen molar-refractivity contribution in [2.24, 2.45) is 50.2 Å². The summed E-state index contributed by atoms with van der Waals surface area (Å²) in [6.45, 7) is 19.8. The molecule has 9 atom stereocenters. The molecule has 32 heavy (non-hydrogen) atoms. The third kappa shape index (κ3) is 2.78. The Morgan fingerprint density at radius 2 is 1.44 bits per heavy atom. The lowest BCUT2D eigenvalue weighted by atomic mass is 9.33. The topological polar surface area (TPSA) is 40.5 Å². The van der Waals surface area contributed by atoms with E-state index in [9.17, 15) is 10.2 Å². The van der Waals surface area contributed by atoms with Crippen molar-refractivity contribution in [2.45, 2.75) is 125 Å². The maximum atomic E-state index is 11.0. The number of fused-ring (bicyclic) bond motifs is 7. The Hall–Kier alpha value is -0.340. The average Bonchev–Trinajstić information content (AvgIpc) is 2.68. The van der Waals surface area contributed by atoms with Crippen molar-refractivity contribution < 1.29 is 10.2 Å². The number of aliphatic hydroxyl groups is 2. The monoisotopic (exact) mass is 442 g/mol.